The Morgan fingerprint density at radius 2 is 1.83 bits per heavy atom. The van der Waals surface area contributed by atoms with Crippen LogP contribution >= 0.6 is 0 Å². The molecule has 1 heterocycles. The number of anilines is 2. The van der Waals surface area contributed by atoms with Crippen LogP contribution in [0.4, 0.5) is 11.5 Å². The van der Waals surface area contributed by atoms with Crippen molar-refractivity contribution in [2.45, 2.75) is 38.5 Å². The van der Waals surface area contributed by atoms with Gasteiger partial charge in [-0.15, -0.1) is 0 Å². The second-order valence-corrected chi connectivity index (χ2v) is 7.20. The Balaban J connectivity index is 2.03. The maximum Gasteiger partial charge on any atom is 0.263 e. The van der Waals surface area contributed by atoms with Crippen LogP contribution in [0.1, 0.15) is 32.4 Å². The minimum absolute atomic E-state index is 0.179. The number of hydrogen-bond donors (Lipinski definition) is 2. The number of nitrogens with one attached hydrogen (secondary N) is 2. The lowest BCUT2D eigenvalue weighted by atomic mass is 10.0. The van der Waals surface area contributed by atoms with Crippen LogP contribution in [-0.2, 0) is 10.0 Å². The second-order valence-electron chi connectivity index (χ2n) is 5.52. The standard InChI is InChI=1S/C16H23N3O3S/c1-4-13(5-2)11-17-14-6-8-15(9-7-14)23(20,21)19-16-10-12(3)22-18-16/h6-10,13,17H,4-5,11H2,1-3H3,(H,18,19). The predicted molar refractivity (Wildman–Crippen MR) is 91.1 cm³/mol. The van der Waals surface area contributed by atoms with E-state index in [1.54, 1.807) is 31.2 Å². The molecule has 2 N–H and O–H groups in total. The average molecular weight is 337 g/mol. The van der Waals surface area contributed by atoms with Crippen LogP contribution in [0.3, 0.4) is 0 Å². The van der Waals surface area contributed by atoms with Gasteiger partial charge in [0.2, 0.25) is 0 Å². The van der Waals surface area contributed by atoms with Gasteiger partial charge in [0.15, 0.2) is 5.82 Å². The largest absolute Gasteiger partial charge is 0.385 e. The Morgan fingerprint density at radius 3 is 2.35 bits per heavy atom. The molecule has 0 aliphatic carbocycles. The SMILES string of the molecule is CCC(CC)CNc1ccc(S(=O)(=O)Nc2cc(C)on2)cc1. The number of nitrogens with zero attached hydrogens (tertiary/aromatic N) is 1. The number of rotatable bonds is 8. The molecule has 0 aliphatic rings. The fourth-order valence-electron chi connectivity index (χ4n) is 2.20. The number of aromatic nitrogens is 1. The van der Waals surface area contributed by atoms with E-state index >= 15 is 0 Å². The molecule has 0 bridgehead atoms. The average Bonchev–Trinajstić information content (AvgIpc) is 2.93. The molecule has 23 heavy (non-hydrogen) atoms. The van der Waals surface area contributed by atoms with Crippen LogP contribution in [0.2, 0.25) is 0 Å². The van der Waals surface area contributed by atoms with Gasteiger partial charge in [0.05, 0.1) is 4.90 Å². The molecule has 1 aromatic heterocycles. The van der Waals surface area contributed by atoms with E-state index in [1.807, 2.05) is 0 Å². The van der Waals surface area contributed by atoms with E-state index in [0.29, 0.717) is 11.7 Å². The van der Waals surface area contributed by atoms with Crippen molar-refractivity contribution in [3.05, 3.63) is 36.1 Å². The smallest absolute Gasteiger partial charge is 0.263 e. The molecule has 0 saturated heterocycles. The van der Waals surface area contributed by atoms with Crippen LogP contribution in [-0.4, -0.2) is 20.1 Å². The summed E-state index contributed by atoms with van der Waals surface area (Å²) in [4.78, 5) is 0.186. The molecule has 1 aromatic carbocycles. The summed E-state index contributed by atoms with van der Waals surface area (Å²) in [6, 6.07) is 8.22. The topological polar surface area (TPSA) is 84.2 Å². The van der Waals surface area contributed by atoms with E-state index in [1.165, 1.54) is 6.07 Å². The fraction of sp³-hybridized carbons (Fsp3) is 0.438. The highest BCUT2D eigenvalue weighted by Gasteiger charge is 2.16. The summed E-state index contributed by atoms with van der Waals surface area (Å²) in [7, 11) is -3.66. The monoisotopic (exact) mass is 337 g/mol. The third-order valence-electron chi connectivity index (χ3n) is 3.78. The van der Waals surface area contributed by atoms with Gasteiger partial charge in [-0.2, -0.15) is 0 Å². The van der Waals surface area contributed by atoms with Gasteiger partial charge < -0.3 is 9.84 Å². The molecule has 0 unspecified atom stereocenters. The first-order chi connectivity index (χ1) is 10.9. The zero-order valence-electron chi connectivity index (χ0n) is 13.7. The van der Waals surface area contributed by atoms with Crippen LogP contribution in [0.25, 0.3) is 0 Å². The zero-order chi connectivity index (χ0) is 16.9. The van der Waals surface area contributed by atoms with Crippen molar-refractivity contribution in [2.75, 3.05) is 16.6 Å². The lowest BCUT2D eigenvalue weighted by Crippen LogP contribution is -2.14. The molecule has 0 atom stereocenters. The summed E-state index contributed by atoms with van der Waals surface area (Å²) in [5.74, 6) is 1.34. The van der Waals surface area contributed by atoms with Crippen LogP contribution in [0.5, 0.6) is 0 Å². The first-order valence-corrected chi connectivity index (χ1v) is 9.23. The van der Waals surface area contributed by atoms with Crippen molar-refractivity contribution < 1.29 is 12.9 Å². The van der Waals surface area contributed by atoms with Gasteiger partial charge in [-0.05, 0) is 37.1 Å². The number of aryl methyl sites for hydroxylation is 1. The summed E-state index contributed by atoms with van der Waals surface area (Å²) in [6.07, 6.45) is 2.24. The molecule has 0 amide bonds. The van der Waals surface area contributed by atoms with Gasteiger partial charge >= 0.3 is 0 Å². The molecule has 7 heteroatoms. The Labute approximate surface area is 137 Å². The van der Waals surface area contributed by atoms with Crippen molar-refractivity contribution in [3.8, 4) is 0 Å². The molecule has 2 rings (SSSR count). The molecule has 0 saturated carbocycles. The third-order valence-corrected chi connectivity index (χ3v) is 5.15. The van der Waals surface area contributed by atoms with Gasteiger partial charge in [0.1, 0.15) is 5.76 Å². The summed E-state index contributed by atoms with van der Waals surface area (Å²) in [5, 5.41) is 6.97. The summed E-state index contributed by atoms with van der Waals surface area (Å²) >= 11 is 0. The van der Waals surface area contributed by atoms with Gasteiger partial charge in [0.25, 0.3) is 10.0 Å². The predicted octanol–water partition coefficient (Wildman–Crippen LogP) is 3.63. The van der Waals surface area contributed by atoms with E-state index in [2.05, 4.69) is 29.0 Å². The van der Waals surface area contributed by atoms with E-state index in [9.17, 15) is 8.42 Å². The first-order valence-electron chi connectivity index (χ1n) is 7.74. The van der Waals surface area contributed by atoms with Gasteiger partial charge in [-0.3, -0.25) is 4.72 Å². The summed E-state index contributed by atoms with van der Waals surface area (Å²) in [5.41, 5.74) is 0.910. The first kappa shape index (κ1) is 17.3. The number of benzene rings is 1. The number of sulfonamides is 1. The third kappa shape index (κ3) is 4.72. The molecule has 2 aromatic rings. The maximum absolute atomic E-state index is 12.3. The maximum atomic E-state index is 12.3. The van der Waals surface area contributed by atoms with Crippen molar-refractivity contribution >= 4 is 21.5 Å². The molecular weight excluding hydrogens is 314 g/mol. The van der Waals surface area contributed by atoms with Gasteiger partial charge in [-0.1, -0.05) is 31.8 Å². The van der Waals surface area contributed by atoms with Gasteiger partial charge in [-0.25, -0.2) is 8.42 Å². The zero-order valence-corrected chi connectivity index (χ0v) is 14.5. The molecule has 0 aliphatic heterocycles. The Morgan fingerprint density at radius 1 is 1.17 bits per heavy atom. The van der Waals surface area contributed by atoms with E-state index in [-0.39, 0.29) is 10.7 Å². The van der Waals surface area contributed by atoms with Gasteiger partial charge in [0, 0.05) is 18.3 Å². The Kier molecular flexibility index (Phi) is 5.65. The molecule has 0 spiro atoms. The lowest BCUT2D eigenvalue weighted by Gasteiger charge is -2.14. The van der Waals surface area contributed by atoms with Crippen LogP contribution in [0, 0.1) is 12.8 Å². The molecule has 0 radical (unpaired) electrons. The van der Waals surface area contributed by atoms with Crippen molar-refractivity contribution in [2.24, 2.45) is 5.92 Å². The highest BCUT2D eigenvalue weighted by Crippen LogP contribution is 2.19. The highest BCUT2D eigenvalue weighted by molar-refractivity contribution is 7.92. The van der Waals surface area contributed by atoms with Crippen molar-refractivity contribution in [1.82, 2.24) is 5.16 Å². The second kappa shape index (κ2) is 7.50. The Bertz CT molecular complexity index is 719. The lowest BCUT2D eigenvalue weighted by molar-refractivity contribution is 0.400. The van der Waals surface area contributed by atoms with E-state index < -0.39 is 10.0 Å². The fourth-order valence-corrected chi connectivity index (χ4v) is 3.19. The molecular formula is C16H23N3O3S. The summed E-state index contributed by atoms with van der Waals surface area (Å²) in [6.45, 7) is 6.92. The van der Waals surface area contributed by atoms with Crippen LogP contribution in [0.15, 0.2) is 39.8 Å². The highest BCUT2D eigenvalue weighted by atomic mass is 32.2. The summed E-state index contributed by atoms with van der Waals surface area (Å²) < 4.78 is 31.8. The normalized spacial score (nSPS) is 11.7. The van der Waals surface area contributed by atoms with E-state index in [4.69, 9.17) is 4.52 Å². The van der Waals surface area contributed by atoms with E-state index in [0.717, 1.165) is 25.1 Å². The molecule has 6 nitrogen and oxygen atoms in total. The molecule has 126 valence electrons. The van der Waals surface area contributed by atoms with Crippen molar-refractivity contribution in [3.63, 3.8) is 0 Å². The molecule has 0 fully saturated rings. The quantitative estimate of drug-likeness (QED) is 0.768. The Hall–Kier alpha value is -2.02. The van der Waals surface area contributed by atoms with Crippen molar-refractivity contribution in [1.29, 1.82) is 0 Å². The minimum atomic E-state index is -3.66. The van der Waals surface area contributed by atoms with Crippen LogP contribution < -0.4 is 10.0 Å². The number of hydrogen-bond acceptors (Lipinski definition) is 5. The minimum Gasteiger partial charge on any atom is -0.385 e.